The van der Waals surface area contributed by atoms with E-state index in [4.69, 9.17) is 9.47 Å². The standard InChI is InChI=1S/C14H23BrN2O4/c1-7-9-10(3)14(15,11(18)20-8-2)17-16-12(19)21-13(4,5)6/h9-10,17H,1,8H2,2-6H3,(H,16,19). The van der Waals surface area contributed by atoms with E-state index >= 15 is 0 Å². The molecule has 0 rings (SSSR count). The fourth-order valence-corrected chi connectivity index (χ4v) is 1.67. The second-order valence-corrected chi connectivity index (χ2v) is 6.59. The highest BCUT2D eigenvalue weighted by atomic mass is 79.9. The molecular weight excluding hydrogens is 340 g/mol. The van der Waals surface area contributed by atoms with Crippen molar-refractivity contribution in [3.05, 3.63) is 18.4 Å². The number of halogens is 1. The molecule has 7 heteroatoms. The van der Waals surface area contributed by atoms with Crippen LogP contribution in [0.3, 0.4) is 0 Å². The first kappa shape index (κ1) is 19.7. The van der Waals surface area contributed by atoms with E-state index in [-0.39, 0.29) is 12.5 Å². The van der Waals surface area contributed by atoms with Gasteiger partial charge in [0.1, 0.15) is 5.60 Å². The molecule has 0 aliphatic carbocycles. The van der Waals surface area contributed by atoms with Gasteiger partial charge >= 0.3 is 12.1 Å². The highest BCUT2D eigenvalue weighted by Gasteiger charge is 2.42. The first-order valence-electron chi connectivity index (χ1n) is 6.55. The maximum atomic E-state index is 12.1. The Bertz CT molecular complexity index is 427. The van der Waals surface area contributed by atoms with E-state index in [0.717, 1.165) is 0 Å². The summed E-state index contributed by atoms with van der Waals surface area (Å²) in [7, 11) is 0. The highest BCUT2D eigenvalue weighted by molar-refractivity contribution is 9.10. The van der Waals surface area contributed by atoms with E-state index in [1.807, 2.05) is 0 Å². The molecule has 0 saturated heterocycles. The van der Waals surface area contributed by atoms with Gasteiger partial charge in [-0.05, 0) is 33.8 Å². The summed E-state index contributed by atoms with van der Waals surface area (Å²) in [6, 6.07) is 0. The second-order valence-electron chi connectivity index (χ2n) is 5.34. The number of alkyl halides is 1. The normalized spacial score (nSPS) is 15.1. The number of ether oxygens (including phenoxy) is 2. The lowest BCUT2D eigenvalue weighted by Crippen LogP contribution is -2.59. The summed E-state index contributed by atoms with van der Waals surface area (Å²) in [6.07, 6.45) is 0.875. The number of carbonyl (C=O) groups excluding carboxylic acids is 2. The summed E-state index contributed by atoms with van der Waals surface area (Å²) in [5, 5.41) is 0. The zero-order chi connectivity index (χ0) is 16.7. The Morgan fingerprint density at radius 1 is 1.43 bits per heavy atom. The minimum atomic E-state index is -1.34. The van der Waals surface area contributed by atoms with Crippen molar-refractivity contribution in [1.82, 2.24) is 10.9 Å². The van der Waals surface area contributed by atoms with Gasteiger partial charge in [-0.2, -0.15) is 0 Å². The minimum Gasteiger partial charge on any atom is -0.464 e. The summed E-state index contributed by atoms with van der Waals surface area (Å²) in [5.41, 5.74) is 6.90. The number of amides is 1. The van der Waals surface area contributed by atoms with Gasteiger partial charge in [0, 0.05) is 5.92 Å². The molecule has 0 radical (unpaired) electrons. The zero-order valence-electron chi connectivity index (χ0n) is 13.1. The van der Waals surface area contributed by atoms with Gasteiger partial charge in [0.2, 0.25) is 0 Å². The molecule has 0 bridgehead atoms. The number of rotatable bonds is 6. The maximum Gasteiger partial charge on any atom is 0.422 e. The van der Waals surface area contributed by atoms with Crippen LogP contribution in [0.4, 0.5) is 4.79 Å². The molecule has 0 saturated carbocycles. The van der Waals surface area contributed by atoms with E-state index in [1.54, 1.807) is 40.7 Å². The van der Waals surface area contributed by atoms with E-state index in [0.29, 0.717) is 0 Å². The molecule has 0 fully saturated rings. The van der Waals surface area contributed by atoms with Crippen molar-refractivity contribution in [2.45, 2.75) is 44.7 Å². The number of hydrogen-bond acceptors (Lipinski definition) is 5. The van der Waals surface area contributed by atoms with Crippen LogP contribution >= 0.6 is 15.9 Å². The van der Waals surface area contributed by atoms with E-state index < -0.39 is 22.1 Å². The fraction of sp³-hybridized carbons (Fsp3) is 0.643. The monoisotopic (exact) mass is 362 g/mol. The molecule has 1 amide bonds. The Balaban J connectivity index is 4.96. The van der Waals surface area contributed by atoms with Crippen LogP contribution < -0.4 is 10.9 Å². The molecule has 0 heterocycles. The molecule has 0 aliphatic heterocycles. The Morgan fingerprint density at radius 3 is 2.43 bits per heavy atom. The van der Waals surface area contributed by atoms with Crippen molar-refractivity contribution in [3.8, 4) is 0 Å². The molecule has 0 aromatic carbocycles. The third kappa shape index (κ3) is 6.80. The molecule has 21 heavy (non-hydrogen) atoms. The molecule has 0 spiro atoms. The molecule has 2 atom stereocenters. The Kier molecular flexibility index (Phi) is 7.71. The van der Waals surface area contributed by atoms with Crippen LogP contribution in [0.1, 0.15) is 34.6 Å². The van der Waals surface area contributed by atoms with Gasteiger partial charge < -0.3 is 9.47 Å². The average molecular weight is 363 g/mol. The second kappa shape index (κ2) is 8.22. The van der Waals surface area contributed by atoms with Crippen molar-refractivity contribution in [3.63, 3.8) is 0 Å². The van der Waals surface area contributed by atoms with Gasteiger partial charge in [-0.1, -0.05) is 29.4 Å². The average Bonchev–Trinajstić information content (AvgIpc) is 2.34. The van der Waals surface area contributed by atoms with E-state index in [1.165, 1.54) is 0 Å². The largest absolute Gasteiger partial charge is 0.464 e. The molecule has 0 aromatic rings. The van der Waals surface area contributed by atoms with Crippen molar-refractivity contribution in [2.24, 2.45) is 5.92 Å². The van der Waals surface area contributed by atoms with Crippen LogP contribution in [0.5, 0.6) is 0 Å². The first-order chi connectivity index (χ1) is 9.56. The van der Waals surface area contributed by atoms with Crippen LogP contribution in [-0.2, 0) is 14.3 Å². The molecule has 2 N–H and O–H groups in total. The topological polar surface area (TPSA) is 76.7 Å². The van der Waals surface area contributed by atoms with Gasteiger partial charge in [-0.15, -0.1) is 5.73 Å². The molecule has 0 aromatic heterocycles. The van der Waals surface area contributed by atoms with Crippen molar-refractivity contribution >= 4 is 28.0 Å². The number of hydrazine groups is 1. The quantitative estimate of drug-likeness (QED) is 0.249. The Morgan fingerprint density at radius 2 is 2.00 bits per heavy atom. The highest BCUT2D eigenvalue weighted by Crippen LogP contribution is 2.27. The van der Waals surface area contributed by atoms with E-state index in [9.17, 15) is 9.59 Å². The predicted molar refractivity (Wildman–Crippen MR) is 83.7 cm³/mol. The lowest BCUT2D eigenvalue weighted by Gasteiger charge is -2.31. The SMILES string of the molecule is C=C=CC(C)C(Br)(NNC(=O)OC(C)(C)C)C(=O)OCC. The van der Waals surface area contributed by atoms with Crippen molar-refractivity contribution in [2.75, 3.05) is 6.61 Å². The fourth-order valence-electron chi connectivity index (χ4n) is 1.32. The predicted octanol–water partition coefficient (Wildman–Crippen LogP) is 2.65. The Labute approximate surface area is 134 Å². The van der Waals surface area contributed by atoms with Crippen molar-refractivity contribution < 1.29 is 19.1 Å². The zero-order valence-corrected chi connectivity index (χ0v) is 14.7. The number of esters is 1. The van der Waals surface area contributed by atoms with Gasteiger partial charge in [0.15, 0.2) is 4.45 Å². The third-order valence-electron chi connectivity index (χ3n) is 2.31. The lowest BCUT2D eigenvalue weighted by molar-refractivity contribution is -0.148. The van der Waals surface area contributed by atoms with Crippen LogP contribution in [0.15, 0.2) is 18.4 Å². The van der Waals surface area contributed by atoms with Crippen LogP contribution in [0.25, 0.3) is 0 Å². The summed E-state index contributed by atoms with van der Waals surface area (Å²) < 4.78 is 8.75. The number of nitrogens with one attached hydrogen (secondary N) is 2. The summed E-state index contributed by atoms with van der Waals surface area (Å²) >= 11 is 3.27. The van der Waals surface area contributed by atoms with Crippen LogP contribution in [0, 0.1) is 5.92 Å². The van der Waals surface area contributed by atoms with Crippen LogP contribution in [0.2, 0.25) is 0 Å². The number of hydrogen-bond donors (Lipinski definition) is 2. The summed E-state index contributed by atoms with van der Waals surface area (Å²) in [6.45, 7) is 12.3. The van der Waals surface area contributed by atoms with Gasteiger partial charge in [-0.25, -0.2) is 15.0 Å². The summed E-state index contributed by atoms with van der Waals surface area (Å²) in [4.78, 5) is 23.7. The summed E-state index contributed by atoms with van der Waals surface area (Å²) in [5.74, 6) is -0.955. The van der Waals surface area contributed by atoms with Gasteiger partial charge in [0.05, 0.1) is 6.61 Å². The van der Waals surface area contributed by atoms with Gasteiger partial charge in [0.25, 0.3) is 0 Å². The lowest BCUT2D eigenvalue weighted by atomic mass is 10.0. The van der Waals surface area contributed by atoms with Crippen molar-refractivity contribution in [1.29, 1.82) is 0 Å². The molecule has 2 unspecified atom stereocenters. The molecule has 120 valence electrons. The smallest absolute Gasteiger partial charge is 0.422 e. The Hall–Kier alpha value is -1.30. The molecule has 6 nitrogen and oxygen atoms in total. The number of carbonyl (C=O) groups is 2. The maximum absolute atomic E-state index is 12.1. The molecule has 0 aliphatic rings. The minimum absolute atomic E-state index is 0.213. The molecular formula is C14H23BrN2O4. The van der Waals surface area contributed by atoms with E-state index in [2.05, 4.69) is 39.1 Å². The van der Waals surface area contributed by atoms with Gasteiger partial charge in [-0.3, -0.25) is 5.43 Å². The third-order valence-corrected chi connectivity index (χ3v) is 3.56. The first-order valence-corrected chi connectivity index (χ1v) is 7.34. The van der Waals surface area contributed by atoms with Crippen LogP contribution in [-0.4, -0.2) is 28.7 Å².